The second-order valence-corrected chi connectivity index (χ2v) is 7.24. The predicted molar refractivity (Wildman–Crippen MR) is 111 cm³/mol. The molecular formula is C22H27N4O3+. The molecule has 7 heteroatoms. The average molecular weight is 395 g/mol. The van der Waals surface area contributed by atoms with Gasteiger partial charge in [0.15, 0.2) is 6.04 Å². The summed E-state index contributed by atoms with van der Waals surface area (Å²) < 4.78 is 16.5. The van der Waals surface area contributed by atoms with Crippen LogP contribution in [0.2, 0.25) is 0 Å². The zero-order valence-corrected chi connectivity index (χ0v) is 17.1. The van der Waals surface area contributed by atoms with Gasteiger partial charge in [-0.3, -0.25) is 0 Å². The van der Waals surface area contributed by atoms with E-state index in [0.29, 0.717) is 11.8 Å². The zero-order chi connectivity index (χ0) is 20.2. The van der Waals surface area contributed by atoms with Gasteiger partial charge in [-0.25, -0.2) is 0 Å². The number of hydrogen-bond donors (Lipinski definition) is 1. The third-order valence-electron chi connectivity index (χ3n) is 5.58. The van der Waals surface area contributed by atoms with Crippen molar-refractivity contribution in [2.75, 3.05) is 45.3 Å². The van der Waals surface area contributed by atoms with Gasteiger partial charge in [-0.1, -0.05) is 6.07 Å². The van der Waals surface area contributed by atoms with Crippen LogP contribution >= 0.6 is 0 Å². The van der Waals surface area contributed by atoms with Gasteiger partial charge in [-0.15, -0.1) is 10.2 Å². The molecule has 1 aliphatic rings. The molecule has 0 radical (unpaired) electrons. The van der Waals surface area contributed by atoms with Gasteiger partial charge < -0.3 is 23.7 Å². The number of nitrogens with one attached hydrogen (secondary N) is 1. The minimum atomic E-state index is 0.155. The highest BCUT2D eigenvalue weighted by atomic mass is 16.5. The number of methoxy groups -OCH3 is 2. The summed E-state index contributed by atoms with van der Waals surface area (Å²) in [6, 6.07) is 16.0. The van der Waals surface area contributed by atoms with Crippen molar-refractivity contribution in [2.24, 2.45) is 0 Å². The SMILES string of the molecule is COc1ccc(-c2nnc([C@@H](C)[NH+]3CCN(c4cccc(OC)c4)CC3)o2)cc1. The zero-order valence-electron chi connectivity index (χ0n) is 17.1. The van der Waals surface area contributed by atoms with Gasteiger partial charge in [0.1, 0.15) is 11.5 Å². The van der Waals surface area contributed by atoms with Crippen LogP contribution in [-0.2, 0) is 0 Å². The predicted octanol–water partition coefficient (Wildman–Crippen LogP) is 2.22. The van der Waals surface area contributed by atoms with Crippen molar-refractivity contribution in [1.29, 1.82) is 0 Å². The van der Waals surface area contributed by atoms with Crippen LogP contribution in [0.4, 0.5) is 5.69 Å². The van der Waals surface area contributed by atoms with E-state index in [1.165, 1.54) is 10.6 Å². The number of anilines is 1. The summed E-state index contributed by atoms with van der Waals surface area (Å²) in [6.07, 6.45) is 0. The third-order valence-corrected chi connectivity index (χ3v) is 5.58. The van der Waals surface area contributed by atoms with Crippen LogP contribution in [0, 0.1) is 0 Å². The molecule has 1 aliphatic heterocycles. The topological polar surface area (TPSA) is 65.1 Å². The lowest BCUT2D eigenvalue weighted by atomic mass is 10.2. The number of piperazine rings is 1. The molecule has 0 bridgehead atoms. The first kappa shape index (κ1) is 19.3. The summed E-state index contributed by atoms with van der Waals surface area (Å²) in [6.45, 7) is 6.14. The molecule has 0 spiro atoms. The molecule has 0 saturated carbocycles. The van der Waals surface area contributed by atoms with Gasteiger partial charge in [0.2, 0.25) is 5.89 Å². The van der Waals surface area contributed by atoms with Crippen LogP contribution in [0.15, 0.2) is 52.9 Å². The Balaban J connectivity index is 1.39. The minimum Gasteiger partial charge on any atom is -0.497 e. The second-order valence-electron chi connectivity index (χ2n) is 7.24. The smallest absolute Gasteiger partial charge is 0.274 e. The molecular weight excluding hydrogens is 368 g/mol. The van der Waals surface area contributed by atoms with Gasteiger partial charge in [-0.05, 0) is 43.3 Å². The Hall–Kier alpha value is -3.06. The molecule has 152 valence electrons. The fraction of sp³-hybridized carbons (Fsp3) is 0.364. The Labute approximate surface area is 170 Å². The molecule has 0 unspecified atom stereocenters. The number of quaternary nitrogens is 1. The number of nitrogens with zero attached hydrogens (tertiary/aromatic N) is 3. The van der Waals surface area contributed by atoms with Gasteiger partial charge in [-0.2, -0.15) is 0 Å². The lowest BCUT2D eigenvalue weighted by molar-refractivity contribution is -0.931. The van der Waals surface area contributed by atoms with Gasteiger partial charge in [0.05, 0.1) is 40.4 Å². The van der Waals surface area contributed by atoms with Crippen LogP contribution in [0.1, 0.15) is 18.9 Å². The van der Waals surface area contributed by atoms with Crippen molar-refractivity contribution >= 4 is 5.69 Å². The van der Waals surface area contributed by atoms with Crippen LogP contribution in [0.5, 0.6) is 11.5 Å². The van der Waals surface area contributed by atoms with Crippen LogP contribution in [-0.4, -0.2) is 50.6 Å². The molecule has 1 atom stereocenters. The molecule has 2 aromatic carbocycles. The van der Waals surface area contributed by atoms with E-state index < -0.39 is 0 Å². The van der Waals surface area contributed by atoms with Crippen molar-refractivity contribution < 1.29 is 18.8 Å². The highest BCUT2D eigenvalue weighted by Crippen LogP contribution is 2.23. The Morgan fingerprint density at radius 2 is 1.69 bits per heavy atom. The van der Waals surface area contributed by atoms with E-state index in [1.807, 2.05) is 36.4 Å². The van der Waals surface area contributed by atoms with E-state index in [4.69, 9.17) is 13.9 Å². The van der Waals surface area contributed by atoms with E-state index in [-0.39, 0.29) is 6.04 Å². The first-order chi connectivity index (χ1) is 14.2. The molecule has 1 fully saturated rings. The molecule has 7 nitrogen and oxygen atoms in total. The monoisotopic (exact) mass is 395 g/mol. The van der Waals surface area contributed by atoms with Gasteiger partial charge in [0, 0.05) is 17.3 Å². The molecule has 1 N–H and O–H groups in total. The summed E-state index contributed by atoms with van der Waals surface area (Å²) in [5.74, 6) is 2.92. The standard InChI is InChI=1S/C22H26N4O3/c1-16(21-23-24-22(29-21)17-7-9-19(27-2)10-8-17)25-11-13-26(14-12-25)18-5-4-6-20(15-18)28-3/h4-10,15-16H,11-14H2,1-3H3/p+1/t16-/m1/s1. The fourth-order valence-electron chi connectivity index (χ4n) is 3.73. The summed E-state index contributed by atoms with van der Waals surface area (Å²) in [5.41, 5.74) is 2.10. The van der Waals surface area contributed by atoms with E-state index in [0.717, 1.165) is 43.2 Å². The Morgan fingerprint density at radius 3 is 2.38 bits per heavy atom. The van der Waals surface area contributed by atoms with Crippen LogP contribution < -0.4 is 19.3 Å². The van der Waals surface area contributed by atoms with Crippen molar-refractivity contribution in [3.8, 4) is 23.0 Å². The maximum atomic E-state index is 5.99. The molecule has 1 saturated heterocycles. The Bertz CT molecular complexity index is 933. The quantitative estimate of drug-likeness (QED) is 0.691. The van der Waals surface area contributed by atoms with E-state index >= 15 is 0 Å². The number of hydrogen-bond acceptors (Lipinski definition) is 6. The van der Waals surface area contributed by atoms with Gasteiger partial charge >= 0.3 is 0 Å². The lowest BCUT2D eigenvalue weighted by Crippen LogP contribution is -3.14. The second kappa shape index (κ2) is 8.53. The normalized spacial score (nSPS) is 15.9. The molecule has 4 rings (SSSR count). The first-order valence-corrected chi connectivity index (χ1v) is 9.89. The van der Waals surface area contributed by atoms with E-state index in [2.05, 4.69) is 34.2 Å². The number of benzene rings is 2. The summed E-state index contributed by atoms with van der Waals surface area (Å²) >= 11 is 0. The number of aromatic nitrogens is 2. The number of rotatable bonds is 6. The highest BCUT2D eigenvalue weighted by Gasteiger charge is 2.29. The van der Waals surface area contributed by atoms with E-state index in [9.17, 15) is 0 Å². The van der Waals surface area contributed by atoms with Crippen molar-refractivity contribution in [3.05, 3.63) is 54.4 Å². The van der Waals surface area contributed by atoms with Crippen molar-refractivity contribution in [1.82, 2.24) is 10.2 Å². The molecule has 3 aromatic rings. The summed E-state index contributed by atoms with van der Waals surface area (Å²) in [5, 5.41) is 8.56. The molecule has 0 aliphatic carbocycles. The molecule has 2 heterocycles. The maximum Gasteiger partial charge on any atom is 0.274 e. The van der Waals surface area contributed by atoms with Crippen LogP contribution in [0.25, 0.3) is 11.5 Å². The molecule has 1 aromatic heterocycles. The fourth-order valence-corrected chi connectivity index (χ4v) is 3.73. The van der Waals surface area contributed by atoms with Crippen molar-refractivity contribution in [2.45, 2.75) is 13.0 Å². The average Bonchev–Trinajstić information content (AvgIpc) is 3.29. The summed E-state index contributed by atoms with van der Waals surface area (Å²) in [7, 11) is 3.35. The largest absolute Gasteiger partial charge is 0.497 e. The maximum absolute atomic E-state index is 5.99. The number of ether oxygens (including phenoxy) is 2. The van der Waals surface area contributed by atoms with Crippen molar-refractivity contribution in [3.63, 3.8) is 0 Å². The highest BCUT2D eigenvalue weighted by molar-refractivity contribution is 5.54. The molecule has 0 amide bonds. The lowest BCUT2D eigenvalue weighted by Gasteiger charge is -2.35. The van der Waals surface area contributed by atoms with Gasteiger partial charge in [0.25, 0.3) is 5.89 Å². The Morgan fingerprint density at radius 1 is 0.966 bits per heavy atom. The summed E-state index contributed by atoms with van der Waals surface area (Å²) in [4.78, 5) is 3.85. The Kier molecular flexibility index (Phi) is 5.67. The van der Waals surface area contributed by atoms with Crippen LogP contribution in [0.3, 0.4) is 0 Å². The molecule has 29 heavy (non-hydrogen) atoms. The first-order valence-electron chi connectivity index (χ1n) is 9.89. The minimum absolute atomic E-state index is 0.155. The third kappa shape index (κ3) is 4.19. The van der Waals surface area contributed by atoms with E-state index in [1.54, 1.807) is 14.2 Å².